The fraction of sp³-hybridized carbons (Fsp3) is 0.360. The summed E-state index contributed by atoms with van der Waals surface area (Å²) in [6.45, 7) is 3.45. The Labute approximate surface area is 196 Å². The molecule has 1 aromatic carbocycles. The van der Waals surface area contributed by atoms with Gasteiger partial charge in [0.15, 0.2) is 5.82 Å². The highest BCUT2D eigenvalue weighted by Crippen LogP contribution is 2.45. The zero-order chi connectivity index (χ0) is 23.9. The van der Waals surface area contributed by atoms with Gasteiger partial charge in [0.05, 0.1) is 25.0 Å². The first-order valence-corrected chi connectivity index (χ1v) is 11.3. The normalized spacial score (nSPS) is 19.0. The number of anilines is 2. The Kier molecular flexibility index (Phi) is 5.65. The number of halogens is 1. The van der Waals surface area contributed by atoms with Crippen LogP contribution >= 0.6 is 0 Å². The molecule has 1 saturated carbocycles. The van der Waals surface area contributed by atoms with Gasteiger partial charge < -0.3 is 15.0 Å². The fourth-order valence-electron chi connectivity index (χ4n) is 4.04. The van der Waals surface area contributed by atoms with Crippen LogP contribution in [-0.4, -0.2) is 40.1 Å². The highest BCUT2D eigenvalue weighted by atomic mass is 19.1. The number of nitrogens with one attached hydrogen (secondary N) is 1. The Hall–Kier alpha value is -3.59. The molecule has 1 saturated heterocycles. The van der Waals surface area contributed by atoms with Crippen molar-refractivity contribution < 1.29 is 13.9 Å². The molecule has 9 heteroatoms. The third kappa shape index (κ3) is 4.31. The number of rotatable bonds is 5. The van der Waals surface area contributed by atoms with Gasteiger partial charge in [-0.15, -0.1) is 0 Å². The van der Waals surface area contributed by atoms with Crippen LogP contribution in [0.5, 0.6) is 0 Å². The molecule has 5 rings (SSSR count). The second kappa shape index (κ2) is 8.64. The maximum Gasteiger partial charge on any atom is 0.255 e. The molecule has 176 valence electrons. The molecule has 1 N–H and O–H groups in total. The zero-order valence-corrected chi connectivity index (χ0v) is 19.1. The second-order valence-electron chi connectivity index (χ2n) is 9.14. The molecule has 3 heterocycles. The van der Waals surface area contributed by atoms with Gasteiger partial charge in [-0.1, -0.05) is 19.1 Å². The standard InChI is InChI=1S/C25H26FN5O3/c1-25(8-9-25)23(33)28-17-5-3-16(4-6-17)21-15-31(11-12-34-21)24-29-20(13-22(32)30(24)2)18-7-10-27-14-19(18)26/h3-7,10,13-14,21H,8-9,11-12,15H2,1-2H3,(H,28,33)/t21-/m1/s1. The van der Waals surface area contributed by atoms with Crippen LogP contribution in [0, 0.1) is 11.2 Å². The second-order valence-corrected chi connectivity index (χ2v) is 9.14. The van der Waals surface area contributed by atoms with E-state index in [9.17, 15) is 14.0 Å². The molecule has 0 radical (unpaired) electrons. The van der Waals surface area contributed by atoms with Crippen LogP contribution in [0.2, 0.25) is 0 Å². The fourth-order valence-corrected chi connectivity index (χ4v) is 4.04. The van der Waals surface area contributed by atoms with Gasteiger partial charge in [-0.05, 0) is 36.6 Å². The summed E-state index contributed by atoms with van der Waals surface area (Å²) in [6.07, 6.45) is 4.19. The van der Waals surface area contributed by atoms with Gasteiger partial charge in [0.1, 0.15) is 6.10 Å². The first-order chi connectivity index (χ1) is 16.3. The first kappa shape index (κ1) is 22.2. The average molecular weight is 464 g/mol. The molecule has 2 aliphatic rings. The van der Waals surface area contributed by atoms with Gasteiger partial charge in [0.25, 0.3) is 5.56 Å². The molecule has 0 unspecified atom stereocenters. The smallest absolute Gasteiger partial charge is 0.255 e. The Morgan fingerprint density at radius 2 is 2.00 bits per heavy atom. The summed E-state index contributed by atoms with van der Waals surface area (Å²) in [5.41, 5.74) is 1.71. The summed E-state index contributed by atoms with van der Waals surface area (Å²) in [7, 11) is 1.65. The molecule has 2 fully saturated rings. The molecule has 1 aliphatic carbocycles. The van der Waals surface area contributed by atoms with Gasteiger partial charge >= 0.3 is 0 Å². The molecule has 8 nitrogen and oxygen atoms in total. The van der Waals surface area contributed by atoms with Crippen molar-refractivity contribution in [3.63, 3.8) is 0 Å². The Balaban J connectivity index is 1.36. The molecule has 3 aromatic rings. The number of carbonyl (C=O) groups excluding carboxylic acids is 1. The number of hydrogen-bond acceptors (Lipinski definition) is 6. The summed E-state index contributed by atoms with van der Waals surface area (Å²) in [4.78, 5) is 35.3. The van der Waals surface area contributed by atoms with Crippen LogP contribution in [0.3, 0.4) is 0 Å². The van der Waals surface area contributed by atoms with E-state index in [0.717, 1.165) is 30.3 Å². The van der Waals surface area contributed by atoms with Crippen LogP contribution in [0.4, 0.5) is 16.0 Å². The zero-order valence-electron chi connectivity index (χ0n) is 19.1. The van der Waals surface area contributed by atoms with Crippen LogP contribution in [0.15, 0.2) is 53.6 Å². The predicted octanol–water partition coefficient (Wildman–Crippen LogP) is 3.30. The van der Waals surface area contributed by atoms with Crippen LogP contribution < -0.4 is 15.8 Å². The maximum atomic E-state index is 14.3. The maximum absolute atomic E-state index is 14.3. The lowest BCUT2D eigenvalue weighted by molar-refractivity contribution is -0.120. The van der Waals surface area contributed by atoms with E-state index < -0.39 is 5.82 Å². The SMILES string of the molecule is Cn1c(N2CCO[C@@H](c3ccc(NC(=O)C4(C)CC4)cc3)C2)nc(-c2ccncc2F)cc1=O. The lowest BCUT2D eigenvalue weighted by Crippen LogP contribution is -2.41. The molecule has 1 amide bonds. The van der Waals surface area contributed by atoms with Crippen LogP contribution in [0.25, 0.3) is 11.3 Å². The van der Waals surface area contributed by atoms with Crippen molar-refractivity contribution in [2.24, 2.45) is 12.5 Å². The van der Waals surface area contributed by atoms with Gasteiger partial charge in [-0.2, -0.15) is 0 Å². The molecular formula is C25H26FN5O3. The van der Waals surface area contributed by atoms with Crippen molar-refractivity contribution in [3.8, 4) is 11.3 Å². The summed E-state index contributed by atoms with van der Waals surface area (Å²) in [5, 5.41) is 2.98. The van der Waals surface area contributed by atoms with E-state index in [4.69, 9.17) is 4.74 Å². The molecule has 1 aliphatic heterocycles. The minimum Gasteiger partial charge on any atom is -0.370 e. The quantitative estimate of drug-likeness (QED) is 0.625. The highest BCUT2D eigenvalue weighted by Gasteiger charge is 2.44. The number of aromatic nitrogens is 3. The van der Waals surface area contributed by atoms with E-state index in [1.54, 1.807) is 7.05 Å². The van der Waals surface area contributed by atoms with Crippen molar-refractivity contribution in [3.05, 3.63) is 70.5 Å². The van der Waals surface area contributed by atoms with Crippen LogP contribution in [-0.2, 0) is 16.6 Å². The number of benzene rings is 1. The molecule has 1 atom stereocenters. The number of nitrogens with zero attached hydrogens (tertiary/aromatic N) is 4. The summed E-state index contributed by atoms with van der Waals surface area (Å²) in [6, 6.07) is 10.5. The van der Waals surface area contributed by atoms with Crippen molar-refractivity contribution in [2.45, 2.75) is 25.9 Å². The number of hydrogen-bond donors (Lipinski definition) is 1. The Bertz CT molecular complexity index is 1290. The largest absolute Gasteiger partial charge is 0.370 e. The van der Waals surface area contributed by atoms with E-state index >= 15 is 0 Å². The summed E-state index contributed by atoms with van der Waals surface area (Å²) < 4.78 is 21.7. The van der Waals surface area contributed by atoms with Gasteiger partial charge in [-0.3, -0.25) is 19.1 Å². The molecule has 0 spiro atoms. The molecule has 34 heavy (non-hydrogen) atoms. The lowest BCUT2D eigenvalue weighted by Gasteiger charge is -2.34. The summed E-state index contributed by atoms with van der Waals surface area (Å²) >= 11 is 0. The number of pyridine rings is 1. The molecule has 2 aromatic heterocycles. The number of amides is 1. The van der Waals surface area contributed by atoms with E-state index in [1.807, 2.05) is 36.1 Å². The Morgan fingerprint density at radius 1 is 1.24 bits per heavy atom. The van der Waals surface area contributed by atoms with Gasteiger partial charge in [-0.25, -0.2) is 9.37 Å². The molecular weight excluding hydrogens is 437 g/mol. The number of carbonyl (C=O) groups is 1. The average Bonchev–Trinajstić information content (AvgIpc) is 3.60. The first-order valence-electron chi connectivity index (χ1n) is 11.3. The van der Waals surface area contributed by atoms with E-state index in [0.29, 0.717) is 25.6 Å². The van der Waals surface area contributed by atoms with Crippen molar-refractivity contribution in [1.29, 1.82) is 0 Å². The monoisotopic (exact) mass is 463 g/mol. The van der Waals surface area contributed by atoms with Crippen molar-refractivity contribution >= 4 is 17.5 Å². The predicted molar refractivity (Wildman–Crippen MR) is 126 cm³/mol. The minimum atomic E-state index is -0.531. The minimum absolute atomic E-state index is 0.0536. The van der Waals surface area contributed by atoms with E-state index in [-0.39, 0.29) is 34.2 Å². The lowest BCUT2D eigenvalue weighted by atomic mass is 10.1. The third-order valence-corrected chi connectivity index (χ3v) is 6.60. The topological polar surface area (TPSA) is 89.3 Å². The highest BCUT2D eigenvalue weighted by molar-refractivity contribution is 5.96. The van der Waals surface area contributed by atoms with Gasteiger partial charge in [0.2, 0.25) is 11.9 Å². The van der Waals surface area contributed by atoms with E-state index in [2.05, 4.69) is 15.3 Å². The third-order valence-electron chi connectivity index (χ3n) is 6.60. The summed E-state index contributed by atoms with van der Waals surface area (Å²) in [5.74, 6) is -0.0247. The van der Waals surface area contributed by atoms with Crippen molar-refractivity contribution in [2.75, 3.05) is 29.9 Å². The van der Waals surface area contributed by atoms with Crippen LogP contribution in [0.1, 0.15) is 31.4 Å². The van der Waals surface area contributed by atoms with Crippen molar-refractivity contribution in [1.82, 2.24) is 14.5 Å². The van der Waals surface area contributed by atoms with E-state index in [1.165, 1.54) is 22.9 Å². The number of ether oxygens (including phenoxy) is 1. The molecule has 0 bridgehead atoms. The Morgan fingerprint density at radius 3 is 2.71 bits per heavy atom. The number of morpholine rings is 1. The van der Waals surface area contributed by atoms with Gasteiger partial charge in [0, 0.05) is 42.5 Å².